The predicted molar refractivity (Wildman–Crippen MR) is 58.4 cm³/mol. The summed E-state index contributed by atoms with van der Waals surface area (Å²) in [6.07, 6.45) is 1.42. The maximum Gasteiger partial charge on any atom is 0.328 e. The van der Waals surface area contributed by atoms with Crippen molar-refractivity contribution in [1.82, 2.24) is 10.2 Å². The van der Waals surface area contributed by atoms with Gasteiger partial charge in [0.05, 0.1) is 6.61 Å². The molecule has 1 heterocycles. The van der Waals surface area contributed by atoms with Gasteiger partial charge in [0, 0.05) is 19.7 Å². The molecule has 17 heavy (non-hydrogen) atoms. The molecule has 0 aromatic carbocycles. The molecular weight excluding hydrogens is 228 g/mol. The molecule has 0 bridgehead atoms. The maximum absolute atomic E-state index is 11.6. The van der Waals surface area contributed by atoms with Crippen molar-refractivity contribution in [3.05, 3.63) is 0 Å². The zero-order chi connectivity index (χ0) is 12.8. The maximum atomic E-state index is 11.6. The monoisotopic (exact) mass is 246 g/mol. The molecule has 0 aliphatic carbocycles. The van der Waals surface area contributed by atoms with E-state index < -0.39 is 24.6 Å². The molecular formula is C10H18N2O5. The second-order valence-electron chi connectivity index (χ2n) is 4.14. The smallest absolute Gasteiger partial charge is 0.328 e. The Kier molecular flexibility index (Phi) is 5.17. The lowest BCUT2D eigenvalue weighted by Gasteiger charge is -2.31. The molecule has 0 aromatic rings. The van der Waals surface area contributed by atoms with Crippen LogP contribution in [0, 0.1) is 5.92 Å². The molecule has 1 saturated heterocycles. The summed E-state index contributed by atoms with van der Waals surface area (Å²) in [7, 11) is 0. The average molecular weight is 246 g/mol. The number of aliphatic hydroxyl groups is 2. The van der Waals surface area contributed by atoms with Gasteiger partial charge in [-0.3, -0.25) is 0 Å². The zero-order valence-corrected chi connectivity index (χ0v) is 9.50. The van der Waals surface area contributed by atoms with Gasteiger partial charge in [-0.15, -0.1) is 0 Å². The molecule has 1 atom stereocenters. The van der Waals surface area contributed by atoms with Gasteiger partial charge in [-0.25, -0.2) is 9.59 Å². The van der Waals surface area contributed by atoms with Gasteiger partial charge in [0.1, 0.15) is 0 Å². The normalized spacial score (nSPS) is 18.8. The Balaban J connectivity index is 2.41. The van der Waals surface area contributed by atoms with Crippen molar-refractivity contribution in [2.75, 3.05) is 26.3 Å². The standard InChI is InChI=1S/C10H18N2O5/c13-5-7-1-3-12(4-2-7)10(17)11-8(6-14)9(15)16/h7-8,13-14H,1-6H2,(H,11,17)(H,15,16)/t8-/m1/s1. The van der Waals surface area contributed by atoms with E-state index in [-0.39, 0.29) is 12.5 Å². The predicted octanol–water partition coefficient (Wildman–Crippen LogP) is -1.15. The Labute approximate surface area is 99.0 Å². The quantitative estimate of drug-likeness (QED) is 0.500. The first kappa shape index (κ1) is 13.7. The SMILES string of the molecule is O=C(O)[C@@H](CO)NC(=O)N1CCC(CO)CC1. The van der Waals surface area contributed by atoms with Crippen LogP contribution in [0.2, 0.25) is 0 Å². The van der Waals surface area contributed by atoms with Gasteiger partial charge in [-0.05, 0) is 18.8 Å². The summed E-state index contributed by atoms with van der Waals surface area (Å²) in [5.74, 6) is -1.04. The van der Waals surface area contributed by atoms with Gasteiger partial charge in [0.15, 0.2) is 6.04 Å². The van der Waals surface area contributed by atoms with Crippen molar-refractivity contribution in [3.63, 3.8) is 0 Å². The molecule has 0 unspecified atom stereocenters. The molecule has 4 N–H and O–H groups in total. The van der Waals surface area contributed by atoms with E-state index >= 15 is 0 Å². The fraction of sp³-hybridized carbons (Fsp3) is 0.800. The third kappa shape index (κ3) is 3.86. The first-order valence-corrected chi connectivity index (χ1v) is 5.58. The van der Waals surface area contributed by atoms with E-state index in [1.54, 1.807) is 0 Å². The number of hydrogen-bond donors (Lipinski definition) is 4. The van der Waals surface area contributed by atoms with Gasteiger partial charge in [0.25, 0.3) is 0 Å². The van der Waals surface area contributed by atoms with Gasteiger partial charge >= 0.3 is 12.0 Å². The number of urea groups is 1. The summed E-state index contributed by atoms with van der Waals surface area (Å²) < 4.78 is 0. The van der Waals surface area contributed by atoms with Crippen LogP contribution in [-0.2, 0) is 4.79 Å². The van der Waals surface area contributed by atoms with Crippen LogP contribution in [0.15, 0.2) is 0 Å². The van der Waals surface area contributed by atoms with E-state index in [0.29, 0.717) is 25.9 Å². The molecule has 0 spiro atoms. The molecule has 2 amide bonds. The van der Waals surface area contributed by atoms with Crippen LogP contribution in [0.1, 0.15) is 12.8 Å². The van der Waals surface area contributed by atoms with E-state index in [2.05, 4.69) is 5.32 Å². The average Bonchev–Trinajstić information content (AvgIpc) is 2.35. The van der Waals surface area contributed by atoms with E-state index in [1.165, 1.54) is 4.90 Å². The van der Waals surface area contributed by atoms with E-state index in [0.717, 1.165) is 0 Å². The van der Waals surface area contributed by atoms with Crippen molar-refractivity contribution in [1.29, 1.82) is 0 Å². The molecule has 0 radical (unpaired) electrons. The van der Waals surface area contributed by atoms with Crippen LogP contribution in [0.25, 0.3) is 0 Å². The Hall–Kier alpha value is -1.34. The van der Waals surface area contributed by atoms with E-state index in [4.69, 9.17) is 15.3 Å². The summed E-state index contributed by atoms with van der Waals surface area (Å²) in [6.45, 7) is 0.474. The fourth-order valence-corrected chi connectivity index (χ4v) is 1.74. The number of amides is 2. The molecule has 0 aromatic heterocycles. The number of aliphatic carboxylic acids is 1. The molecule has 1 fully saturated rings. The Morgan fingerprint density at radius 3 is 2.29 bits per heavy atom. The molecule has 1 aliphatic rings. The Morgan fingerprint density at radius 2 is 1.88 bits per heavy atom. The minimum Gasteiger partial charge on any atom is -0.480 e. The second kappa shape index (κ2) is 6.41. The minimum atomic E-state index is -1.27. The number of hydrogen-bond acceptors (Lipinski definition) is 4. The largest absolute Gasteiger partial charge is 0.480 e. The number of nitrogens with one attached hydrogen (secondary N) is 1. The van der Waals surface area contributed by atoms with Gasteiger partial charge in [-0.1, -0.05) is 0 Å². The lowest BCUT2D eigenvalue weighted by molar-refractivity contribution is -0.140. The first-order valence-electron chi connectivity index (χ1n) is 5.58. The van der Waals surface area contributed by atoms with E-state index in [1.807, 2.05) is 0 Å². The van der Waals surface area contributed by atoms with E-state index in [9.17, 15) is 9.59 Å². The summed E-state index contributed by atoms with van der Waals surface area (Å²) in [5.41, 5.74) is 0. The number of piperidine rings is 1. The minimum absolute atomic E-state index is 0.115. The fourth-order valence-electron chi connectivity index (χ4n) is 1.74. The summed E-state index contributed by atoms with van der Waals surface area (Å²) >= 11 is 0. The molecule has 1 aliphatic heterocycles. The third-order valence-electron chi connectivity index (χ3n) is 2.94. The van der Waals surface area contributed by atoms with Crippen LogP contribution < -0.4 is 5.32 Å². The molecule has 98 valence electrons. The van der Waals surface area contributed by atoms with Gasteiger partial charge < -0.3 is 25.5 Å². The summed E-state index contributed by atoms with van der Waals surface area (Å²) in [4.78, 5) is 23.8. The van der Waals surface area contributed by atoms with Gasteiger partial charge in [0.2, 0.25) is 0 Å². The summed E-state index contributed by atoms with van der Waals surface area (Å²) in [5, 5.41) is 28.6. The number of carbonyl (C=O) groups excluding carboxylic acids is 1. The highest BCUT2D eigenvalue weighted by Gasteiger charge is 2.25. The molecule has 7 heteroatoms. The van der Waals surface area contributed by atoms with Crippen molar-refractivity contribution in [2.24, 2.45) is 5.92 Å². The topological polar surface area (TPSA) is 110 Å². The van der Waals surface area contributed by atoms with Crippen LogP contribution >= 0.6 is 0 Å². The van der Waals surface area contributed by atoms with Crippen LogP contribution in [0.3, 0.4) is 0 Å². The first-order chi connectivity index (χ1) is 8.08. The van der Waals surface area contributed by atoms with Crippen molar-refractivity contribution >= 4 is 12.0 Å². The number of aliphatic hydroxyl groups excluding tert-OH is 2. The lowest BCUT2D eigenvalue weighted by atomic mass is 9.98. The van der Waals surface area contributed by atoms with Crippen LogP contribution in [0.5, 0.6) is 0 Å². The van der Waals surface area contributed by atoms with Crippen LogP contribution in [-0.4, -0.2) is 64.6 Å². The zero-order valence-electron chi connectivity index (χ0n) is 9.50. The highest BCUT2D eigenvalue weighted by atomic mass is 16.4. The molecule has 0 saturated carbocycles. The van der Waals surface area contributed by atoms with Crippen molar-refractivity contribution in [2.45, 2.75) is 18.9 Å². The lowest BCUT2D eigenvalue weighted by Crippen LogP contribution is -2.51. The molecule has 1 rings (SSSR count). The Bertz CT molecular complexity index is 276. The number of nitrogens with zero attached hydrogens (tertiary/aromatic N) is 1. The highest BCUT2D eigenvalue weighted by molar-refractivity contribution is 5.82. The number of likely N-dealkylation sites (tertiary alicyclic amines) is 1. The summed E-state index contributed by atoms with van der Waals surface area (Å²) in [6, 6.07) is -1.75. The second-order valence-corrected chi connectivity index (χ2v) is 4.14. The number of carbonyl (C=O) groups is 2. The van der Waals surface area contributed by atoms with Gasteiger partial charge in [-0.2, -0.15) is 0 Å². The molecule has 7 nitrogen and oxygen atoms in total. The number of carboxylic acid groups (broad SMARTS) is 1. The van der Waals surface area contributed by atoms with Crippen molar-refractivity contribution in [3.8, 4) is 0 Å². The number of rotatable bonds is 4. The van der Waals surface area contributed by atoms with Crippen molar-refractivity contribution < 1.29 is 24.9 Å². The highest BCUT2D eigenvalue weighted by Crippen LogP contribution is 2.16. The third-order valence-corrected chi connectivity index (χ3v) is 2.94. The van der Waals surface area contributed by atoms with Crippen LogP contribution in [0.4, 0.5) is 4.79 Å². The number of carboxylic acids is 1. The Morgan fingerprint density at radius 1 is 1.29 bits per heavy atom.